The zero-order chi connectivity index (χ0) is 14.6. The van der Waals surface area contributed by atoms with Gasteiger partial charge in [-0.25, -0.2) is 0 Å². The molecule has 112 valence electrons. The summed E-state index contributed by atoms with van der Waals surface area (Å²) in [6, 6.07) is 8.44. The molecule has 20 heavy (non-hydrogen) atoms. The van der Waals surface area contributed by atoms with Gasteiger partial charge in [-0.15, -0.1) is 0 Å². The number of hydrogen-bond donors (Lipinski definition) is 2. The molecular formula is C16H27N3O. The quantitative estimate of drug-likeness (QED) is 0.616. The van der Waals surface area contributed by atoms with Gasteiger partial charge in [-0.1, -0.05) is 31.0 Å². The molecule has 0 saturated heterocycles. The molecule has 1 aliphatic carbocycles. The second-order valence-electron chi connectivity index (χ2n) is 5.94. The van der Waals surface area contributed by atoms with Crippen LogP contribution < -0.4 is 16.0 Å². The molecule has 1 aliphatic rings. The fourth-order valence-corrected chi connectivity index (χ4v) is 3.59. The van der Waals surface area contributed by atoms with Gasteiger partial charge in [0.25, 0.3) is 0 Å². The van der Waals surface area contributed by atoms with Crippen molar-refractivity contribution in [2.45, 2.75) is 43.7 Å². The van der Waals surface area contributed by atoms with E-state index in [0.717, 1.165) is 12.2 Å². The minimum Gasteiger partial charge on any atom is -0.496 e. The van der Waals surface area contributed by atoms with Crippen molar-refractivity contribution in [3.8, 4) is 5.75 Å². The molecule has 0 spiro atoms. The molecule has 0 aromatic heterocycles. The summed E-state index contributed by atoms with van der Waals surface area (Å²) < 4.78 is 5.46. The van der Waals surface area contributed by atoms with Crippen LogP contribution >= 0.6 is 0 Å². The zero-order valence-corrected chi connectivity index (χ0v) is 12.9. The van der Waals surface area contributed by atoms with Crippen molar-refractivity contribution in [1.82, 2.24) is 10.3 Å². The summed E-state index contributed by atoms with van der Waals surface area (Å²) in [6.07, 6.45) is 5.84. The van der Waals surface area contributed by atoms with Gasteiger partial charge >= 0.3 is 0 Å². The van der Waals surface area contributed by atoms with Crippen LogP contribution in [0.1, 0.15) is 31.2 Å². The average Bonchev–Trinajstić information content (AvgIpc) is 2.96. The number of ether oxygens (including phenoxy) is 1. The van der Waals surface area contributed by atoms with E-state index in [-0.39, 0.29) is 11.6 Å². The van der Waals surface area contributed by atoms with Gasteiger partial charge in [0.05, 0.1) is 7.11 Å². The Morgan fingerprint density at radius 3 is 2.50 bits per heavy atom. The summed E-state index contributed by atoms with van der Waals surface area (Å²) in [5, 5.41) is 0. The highest BCUT2D eigenvalue weighted by atomic mass is 16.5. The summed E-state index contributed by atoms with van der Waals surface area (Å²) in [7, 11) is 6.05. The fourth-order valence-electron chi connectivity index (χ4n) is 3.59. The van der Waals surface area contributed by atoms with Crippen molar-refractivity contribution in [2.75, 3.05) is 21.2 Å². The number of hydrazine groups is 1. The molecule has 4 heteroatoms. The molecule has 1 aromatic carbocycles. The van der Waals surface area contributed by atoms with Gasteiger partial charge in [-0.2, -0.15) is 0 Å². The number of benzene rings is 1. The van der Waals surface area contributed by atoms with Crippen molar-refractivity contribution in [2.24, 2.45) is 5.84 Å². The van der Waals surface area contributed by atoms with E-state index in [9.17, 15) is 0 Å². The summed E-state index contributed by atoms with van der Waals surface area (Å²) >= 11 is 0. The molecule has 0 heterocycles. The highest BCUT2D eigenvalue weighted by Gasteiger charge is 2.42. The van der Waals surface area contributed by atoms with Crippen LogP contribution in [-0.4, -0.2) is 37.7 Å². The Bertz CT molecular complexity index is 427. The molecule has 0 amide bonds. The smallest absolute Gasteiger partial charge is 0.122 e. The van der Waals surface area contributed by atoms with Crippen LogP contribution in [0, 0.1) is 0 Å². The maximum absolute atomic E-state index is 5.90. The van der Waals surface area contributed by atoms with Crippen LogP contribution in [0.5, 0.6) is 5.75 Å². The number of nitrogens with zero attached hydrogens (tertiary/aromatic N) is 1. The first-order valence-electron chi connectivity index (χ1n) is 7.39. The molecule has 4 nitrogen and oxygen atoms in total. The first-order valence-corrected chi connectivity index (χ1v) is 7.39. The normalized spacial score (nSPS) is 19.2. The second-order valence-corrected chi connectivity index (χ2v) is 5.94. The Labute approximate surface area is 122 Å². The van der Waals surface area contributed by atoms with Crippen LogP contribution in [0.25, 0.3) is 0 Å². The number of likely N-dealkylation sites (N-methyl/N-ethyl adjacent to an activating group) is 1. The summed E-state index contributed by atoms with van der Waals surface area (Å²) in [5.41, 5.74) is 4.43. The van der Waals surface area contributed by atoms with Crippen molar-refractivity contribution in [1.29, 1.82) is 0 Å². The second kappa shape index (κ2) is 6.57. The summed E-state index contributed by atoms with van der Waals surface area (Å²) in [6.45, 7) is 0. The maximum atomic E-state index is 5.90. The molecule has 0 aliphatic heterocycles. The highest BCUT2D eigenvalue weighted by molar-refractivity contribution is 5.34. The lowest BCUT2D eigenvalue weighted by Gasteiger charge is -2.43. The van der Waals surface area contributed by atoms with E-state index in [2.05, 4.69) is 36.6 Å². The molecule has 1 fully saturated rings. The van der Waals surface area contributed by atoms with Gasteiger partial charge in [0.2, 0.25) is 0 Å². The number of nitrogens with one attached hydrogen (secondary N) is 1. The number of nitrogens with two attached hydrogens (primary N) is 1. The maximum Gasteiger partial charge on any atom is 0.122 e. The van der Waals surface area contributed by atoms with Crippen molar-refractivity contribution < 1.29 is 4.74 Å². The molecule has 1 saturated carbocycles. The van der Waals surface area contributed by atoms with E-state index in [0.29, 0.717) is 0 Å². The Hall–Kier alpha value is -1.10. The molecule has 0 radical (unpaired) electrons. The molecule has 0 bridgehead atoms. The number of hydrogen-bond acceptors (Lipinski definition) is 4. The summed E-state index contributed by atoms with van der Waals surface area (Å²) in [5.74, 6) is 6.84. The van der Waals surface area contributed by atoms with E-state index >= 15 is 0 Å². The molecular weight excluding hydrogens is 250 g/mol. The topological polar surface area (TPSA) is 50.5 Å². The first-order chi connectivity index (χ1) is 9.64. The zero-order valence-electron chi connectivity index (χ0n) is 12.9. The molecule has 1 unspecified atom stereocenters. The molecule has 1 aromatic rings. The molecule has 3 N–H and O–H groups in total. The number of para-hydroxylation sites is 1. The summed E-state index contributed by atoms with van der Waals surface area (Å²) in [4.78, 5) is 2.35. The Morgan fingerprint density at radius 2 is 1.95 bits per heavy atom. The fraction of sp³-hybridized carbons (Fsp3) is 0.625. The van der Waals surface area contributed by atoms with Gasteiger partial charge in [-0.3, -0.25) is 11.3 Å². The Balaban J connectivity index is 2.24. The first kappa shape index (κ1) is 15.3. The third-order valence-electron chi connectivity index (χ3n) is 4.83. The Morgan fingerprint density at radius 1 is 1.30 bits per heavy atom. The van der Waals surface area contributed by atoms with Crippen molar-refractivity contribution >= 4 is 0 Å². The molecule has 2 rings (SSSR count). The van der Waals surface area contributed by atoms with Crippen molar-refractivity contribution in [3.63, 3.8) is 0 Å². The third-order valence-corrected chi connectivity index (χ3v) is 4.83. The van der Waals surface area contributed by atoms with E-state index < -0.39 is 0 Å². The SMILES string of the molecule is COc1ccccc1CC(NN)C1(N(C)C)CCCC1. The lowest BCUT2D eigenvalue weighted by Crippen LogP contribution is -2.60. The van der Waals surface area contributed by atoms with Gasteiger partial charge in [0.1, 0.15) is 5.75 Å². The standard InChI is InChI=1S/C16H27N3O/c1-19(2)16(10-6-7-11-16)15(18-17)12-13-8-4-5-9-14(13)20-3/h4-5,8-9,15,18H,6-7,10-12,17H2,1-3H3. The monoisotopic (exact) mass is 277 g/mol. The van der Waals surface area contributed by atoms with E-state index in [1.807, 2.05) is 12.1 Å². The van der Waals surface area contributed by atoms with Crippen LogP contribution in [0.2, 0.25) is 0 Å². The van der Waals surface area contributed by atoms with Gasteiger partial charge in [0, 0.05) is 11.6 Å². The van der Waals surface area contributed by atoms with E-state index in [1.165, 1.54) is 31.2 Å². The van der Waals surface area contributed by atoms with Gasteiger partial charge in [-0.05, 0) is 45.0 Å². The average molecular weight is 277 g/mol. The van der Waals surface area contributed by atoms with Crippen LogP contribution in [0.15, 0.2) is 24.3 Å². The van der Waals surface area contributed by atoms with Crippen LogP contribution in [0.4, 0.5) is 0 Å². The molecule has 1 atom stereocenters. The van der Waals surface area contributed by atoms with E-state index in [4.69, 9.17) is 10.6 Å². The van der Waals surface area contributed by atoms with Crippen molar-refractivity contribution in [3.05, 3.63) is 29.8 Å². The van der Waals surface area contributed by atoms with Crippen LogP contribution in [-0.2, 0) is 6.42 Å². The predicted molar refractivity (Wildman–Crippen MR) is 82.7 cm³/mol. The minimum atomic E-state index is 0.148. The largest absolute Gasteiger partial charge is 0.496 e. The van der Waals surface area contributed by atoms with Crippen LogP contribution in [0.3, 0.4) is 0 Å². The van der Waals surface area contributed by atoms with Gasteiger partial charge in [0.15, 0.2) is 0 Å². The minimum absolute atomic E-state index is 0.148. The Kier molecular flexibility index (Phi) is 5.02. The van der Waals surface area contributed by atoms with Gasteiger partial charge < -0.3 is 9.64 Å². The lowest BCUT2D eigenvalue weighted by atomic mass is 9.83. The predicted octanol–water partition coefficient (Wildman–Crippen LogP) is 1.94. The number of rotatable bonds is 6. The number of methoxy groups -OCH3 is 1. The lowest BCUT2D eigenvalue weighted by molar-refractivity contribution is 0.104. The third kappa shape index (κ3) is 2.82. The highest BCUT2D eigenvalue weighted by Crippen LogP contribution is 2.38. The van der Waals surface area contributed by atoms with E-state index in [1.54, 1.807) is 7.11 Å².